The molecule has 7 heteroatoms. The van der Waals surface area contributed by atoms with Gasteiger partial charge in [0.15, 0.2) is 18.1 Å². The number of hydrogen-bond acceptors (Lipinski definition) is 6. The van der Waals surface area contributed by atoms with Crippen molar-refractivity contribution in [1.82, 2.24) is 5.32 Å². The van der Waals surface area contributed by atoms with Crippen molar-refractivity contribution in [3.05, 3.63) is 53.1 Å². The molecule has 0 bridgehead atoms. The maximum Gasteiger partial charge on any atom is 0.342 e. The highest BCUT2D eigenvalue weighted by molar-refractivity contribution is 5.94. The first-order valence-electron chi connectivity index (χ1n) is 8.39. The van der Waals surface area contributed by atoms with Gasteiger partial charge in [0.2, 0.25) is 0 Å². The van der Waals surface area contributed by atoms with Gasteiger partial charge in [-0.25, -0.2) is 4.79 Å². The van der Waals surface area contributed by atoms with Gasteiger partial charge in [-0.2, -0.15) is 0 Å². The average molecular weight is 373 g/mol. The Balaban J connectivity index is 1.79. The number of carbonyl (C=O) groups excluding carboxylic acids is 2. The van der Waals surface area contributed by atoms with Gasteiger partial charge in [0.1, 0.15) is 11.3 Å². The lowest BCUT2D eigenvalue weighted by atomic mass is 10.1. The monoisotopic (exact) mass is 373 g/mol. The van der Waals surface area contributed by atoms with E-state index in [2.05, 4.69) is 5.32 Å². The maximum atomic E-state index is 12.0. The van der Waals surface area contributed by atoms with E-state index in [1.54, 1.807) is 39.3 Å². The largest absolute Gasteiger partial charge is 0.507 e. The predicted molar refractivity (Wildman–Crippen MR) is 99.4 cm³/mol. The quantitative estimate of drug-likeness (QED) is 0.689. The Morgan fingerprint density at radius 2 is 1.81 bits per heavy atom. The number of hydrogen-bond donors (Lipinski definition) is 2. The molecule has 0 fully saturated rings. The lowest BCUT2D eigenvalue weighted by Gasteiger charge is -2.10. The third-order valence-electron chi connectivity index (χ3n) is 3.98. The van der Waals surface area contributed by atoms with Crippen molar-refractivity contribution in [2.75, 3.05) is 27.4 Å². The van der Waals surface area contributed by atoms with E-state index in [4.69, 9.17) is 14.2 Å². The zero-order chi connectivity index (χ0) is 19.8. The van der Waals surface area contributed by atoms with E-state index >= 15 is 0 Å². The van der Waals surface area contributed by atoms with Crippen LogP contribution in [0.4, 0.5) is 0 Å². The van der Waals surface area contributed by atoms with Crippen molar-refractivity contribution in [2.24, 2.45) is 0 Å². The molecule has 2 rings (SSSR count). The highest BCUT2D eigenvalue weighted by Crippen LogP contribution is 2.27. The summed E-state index contributed by atoms with van der Waals surface area (Å²) in [6.07, 6.45) is 0.582. The first-order chi connectivity index (χ1) is 13.0. The number of phenolic OH excluding ortho intramolecular Hbond substituents is 1. The van der Waals surface area contributed by atoms with Gasteiger partial charge in [-0.15, -0.1) is 0 Å². The van der Waals surface area contributed by atoms with Crippen LogP contribution in [-0.2, 0) is 16.0 Å². The predicted octanol–water partition coefficient (Wildman–Crippen LogP) is 2.23. The number of benzene rings is 2. The third kappa shape index (κ3) is 5.37. The first kappa shape index (κ1) is 20.1. The van der Waals surface area contributed by atoms with Crippen LogP contribution in [0.5, 0.6) is 17.2 Å². The molecule has 0 spiro atoms. The minimum atomic E-state index is -0.744. The summed E-state index contributed by atoms with van der Waals surface area (Å²) in [5.41, 5.74) is 1.56. The Hall–Kier alpha value is -3.22. The molecule has 0 saturated carbocycles. The molecule has 2 N–H and O–H groups in total. The standard InChI is InChI=1S/C20H23NO6/c1-13-5-4-6-15(19(13)23)20(24)27-12-18(22)21-10-9-14-7-8-16(25-2)17(11-14)26-3/h4-8,11,23H,9-10,12H2,1-3H3,(H,21,22). The zero-order valence-electron chi connectivity index (χ0n) is 15.6. The summed E-state index contributed by atoms with van der Waals surface area (Å²) >= 11 is 0. The summed E-state index contributed by atoms with van der Waals surface area (Å²) in [4.78, 5) is 23.8. The topological polar surface area (TPSA) is 94.1 Å². The van der Waals surface area contributed by atoms with Gasteiger partial charge in [-0.05, 0) is 42.7 Å². The highest BCUT2D eigenvalue weighted by atomic mass is 16.5. The van der Waals surface area contributed by atoms with Crippen LogP contribution in [0.15, 0.2) is 36.4 Å². The van der Waals surface area contributed by atoms with E-state index in [0.717, 1.165) is 5.56 Å². The molecule has 0 saturated heterocycles. The van der Waals surface area contributed by atoms with Crippen molar-refractivity contribution in [1.29, 1.82) is 0 Å². The number of aryl methyl sites for hydroxylation is 1. The second kappa shape index (κ2) is 9.47. The number of carbonyl (C=O) groups is 2. The molecular weight excluding hydrogens is 350 g/mol. The normalized spacial score (nSPS) is 10.2. The number of rotatable bonds is 8. The Morgan fingerprint density at radius 3 is 2.52 bits per heavy atom. The Kier molecular flexibility index (Phi) is 7.05. The van der Waals surface area contributed by atoms with Gasteiger partial charge < -0.3 is 24.6 Å². The van der Waals surface area contributed by atoms with Crippen LogP contribution >= 0.6 is 0 Å². The number of aromatic hydroxyl groups is 1. The van der Waals surface area contributed by atoms with E-state index in [-0.39, 0.29) is 11.3 Å². The Morgan fingerprint density at radius 1 is 1.07 bits per heavy atom. The molecule has 0 aromatic heterocycles. The molecule has 0 aliphatic heterocycles. The van der Waals surface area contributed by atoms with Gasteiger partial charge >= 0.3 is 5.97 Å². The van der Waals surface area contributed by atoms with Crippen molar-refractivity contribution in [3.63, 3.8) is 0 Å². The lowest BCUT2D eigenvalue weighted by Crippen LogP contribution is -2.30. The fourth-order valence-corrected chi connectivity index (χ4v) is 2.47. The van der Waals surface area contributed by atoms with Gasteiger partial charge in [0, 0.05) is 6.54 Å². The molecule has 0 radical (unpaired) electrons. The number of nitrogens with one attached hydrogen (secondary N) is 1. The molecule has 0 unspecified atom stereocenters. The van der Waals surface area contributed by atoms with Crippen molar-refractivity contribution >= 4 is 11.9 Å². The molecule has 1 amide bonds. The van der Waals surface area contributed by atoms with Crippen molar-refractivity contribution in [3.8, 4) is 17.2 Å². The molecule has 0 heterocycles. The summed E-state index contributed by atoms with van der Waals surface area (Å²) < 4.78 is 15.4. The summed E-state index contributed by atoms with van der Waals surface area (Å²) in [5, 5.41) is 12.5. The Bertz CT molecular complexity index is 818. The second-order valence-electron chi connectivity index (χ2n) is 5.84. The maximum absolute atomic E-state index is 12.0. The molecule has 2 aromatic rings. The number of esters is 1. The number of ether oxygens (including phenoxy) is 3. The molecule has 0 aliphatic rings. The Labute approximate surface area is 157 Å². The molecule has 7 nitrogen and oxygen atoms in total. The minimum Gasteiger partial charge on any atom is -0.507 e. The smallest absolute Gasteiger partial charge is 0.342 e. The van der Waals surface area contributed by atoms with Crippen LogP contribution in [0.25, 0.3) is 0 Å². The van der Waals surface area contributed by atoms with E-state index in [0.29, 0.717) is 30.0 Å². The van der Waals surface area contributed by atoms with E-state index in [1.165, 1.54) is 6.07 Å². The molecule has 144 valence electrons. The van der Waals surface area contributed by atoms with Crippen molar-refractivity contribution < 1.29 is 28.9 Å². The fraction of sp³-hybridized carbons (Fsp3) is 0.300. The van der Waals surface area contributed by atoms with Crippen LogP contribution in [0.1, 0.15) is 21.5 Å². The number of phenols is 1. The van der Waals surface area contributed by atoms with Gasteiger partial charge in [0.25, 0.3) is 5.91 Å². The number of para-hydroxylation sites is 1. The summed E-state index contributed by atoms with van der Waals surface area (Å²) in [6, 6.07) is 10.3. The highest BCUT2D eigenvalue weighted by Gasteiger charge is 2.15. The van der Waals surface area contributed by atoms with E-state index < -0.39 is 18.5 Å². The van der Waals surface area contributed by atoms with Gasteiger partial charge in [-0.3, -0.25) is 4.79 Å². The van der Waals surface area contributed by atoms with Crippen LogP contribution < -0.4 is 14.8 Å². The second-order valence-corrected chi connectivity index (χ2v) is 5.84. The molecule has 27 heavy (non-hydrogen) atoms. The van der Waals surface area contributed by atoms with Crippen molar-refractivity contribution in [2.45, 2.75) is 13.3 Å². The molecule has 0 aliphatic carbocycles. The summed E-state index contributed by atoms with van der Waals surface area (Å²) in [5.74, 6) is -0.0524. The minimum absolute atomic E-state index is 0.0353. The van der Waals surface area contributed by atoms with Crippen LogP contribution in [0.2, 0.25) is 0 Å². The van der Waals surface area contributed by atoms with E-state index in [1.807, 2.05) is 12.1 Å². The van der Waals surface area contributed by atoms with Crippen LogP contribution in [0, 0.1) is 6.92 Å². The molecular formula is C20H23NO6. The summed E-state index contributed by atoms with van der Waals surface area (Å²) in [6.45, 7) is 1.63. The molecule has 2 aromatic carbocycles. The zero-order valence-corrected chi connectivity index (χ0v) is 15.6. The fourth-order valence-electron chi connectivity index (χ4n) is 2.47. The number of amides is 1. The van der Waals surface area contributed by atoms with E-state index in [9.17, 15) is 14.7 Å². The van der Waals surface area contributed by atoms with Crippen LogP contribution in [0.3, 0.4) is 0 Å². The lowest BCUT2D eigenvalue weighted by molar-refractivity contribution is -0.124. The van der Waals surface area contributed by atoms with Gasteiger partial charge in [0.05, 0.1) is 14.2 Å². The summed E-state index contributed by atoms with van der Waals surface area (Å²) in [7, 11) is 3.12. The van der Waals surface area contributed by atoms with Gasteiger partial charge in [-0.1, -0.05) is 18.2 Å². The van der Waals surface area contributed by atoms with Crippen LogP contribution in [-0.4, -0.2) is 44.4 Å². The molecule has 0 atom stereocenters. The SMILES string of the molecule is COc1ccc(CCNC(=O)COC(=O)c2cccc(C)c2O)cc1OC. The average Bonchev–Trinajstić information content (AvgIpc) is 2.68. The first-order valence-corrected chi connectivity index (χ1v) is 8.39. The number of methoxy groups -OCH3 is 2. The third-order valence-corrected chi connectivity index (χ3v) is 3.98.